The SMILES string of the molecule is COc1cc(C)ccc1CN1CCC(c2cc(C(=O)N(C)CCO)c3ccccc3n2)C1. The fourth-order valence-corrected chi connectivity index (χ4v) is 4.48. The summed E-state index contributed by atoms with van der Waals surface area (Å²) in [7, 11) is 3.44. The molecule has 1 fully saturated rings. The van der Waals surface area contributed by atoms with E-state index in [2.05, 4.69) is 30.0 Å². The normalized spacial score (nSPS) is 16.4. The number of nitrogens with zero attached hydrogens (tertiary/aromatic N) is 3. The van der Waals surface area contributed by atoms with Crippen LogP contribution in [0.5, 0.6) is 5.75 Å². The van der Waals surface area contributed by atoms with Crippen LogP contribution in [0.2, 0.25) is 0 Å². The first-order chi connectivity index (χ1) is 15.5. The number of likely N-dealkylation sites (N-methyl/N-ethyl adjacent to an activating group) is 1. The molecular formula is C26H31N3O3. The molecule has 168 valence electrons. The molecule has 1 unspecified atom stereocenters. The van der Waals surface area contributed by atoms with E-state index in [0.29, 0.717) is 12.1 Å². The number of benzene rings is 2. The molecule has 0 saturated carbocycles. The first-order valence-electron chi connectivity index (χ1n) is 11.1. The summed E-state index contributed by atoms with van der Waals surface area (Å²) < 4.78 is 5.58. The van der Waals surface area contributed by atoms with Gasteiger partial charge in [0.15, 0.2) is 0 Å². The Morgan fingerprint density at radius 2 is 2.06 bits per heavy atom. The summed E-state index contributed by atoms with van der Waals surface area (Å²) in [6.45, 7) is 5.02. The number of para-hydroxylation sites is 1. The van der Waals surface area contributed by atoms with E-state index < -0.39 is 0 Å². The zero-order valence-corrected chi connectivity index (χ0v) is 19.0. The maximum atomic E-state index is 13.1. The van der Waals surface area contributed by atoms with Crippen molar-refractivity contribution in [2.75, 3.05) is 40.4 Å². The summed E-state index contributed by atoms with van der Waals surface area (Å²) in [5, 5.41) is 10.1. The average molecular weight is 434 g/mol. The molecule has 2 heterocycles. The number of amides is 1. The number of hydrogen-bond donors (Lipinski definition) is 1. The number of methoxy groups -OCH3 is 1. The standard InChI is InChI=1S/C26H31N3O3/c1-18-8-9-20(25(14-18)32-3)17-29-11-10-19(16-29)24-15-22(26(31)28(2)12-13-30)21-6-4-5-7-23(21)27-24/h4-9,14-15,19,30H,10-13,16-17H2,1-3H3. The minimum absolute atomic E-state index is 0.0574. The van der Waals surface area contributed by atoms with E-state index >= 15 is 0 Å². The first-order valence-corrected chi connectivity index (χ1v) is 11.1. The van der Waals surface area contributed by atoms with E-state index in [9.17, 15) is 9.90 Å². The molecule has 1 aliphatic rings. The molecule has 1 saturated heterocycles. The number of rotatable bonds is 7. The number of aromatic nitrogens is 1. The predicted molar refractivity (Wildman–Crippen MR) is 126 cm³/mol. The van der Waals surface area contributed by atoms with Gasteiger partial charge in [0.05, 0.1) is 24.8 Å². The lowest BCUT2D eigenvalue weighted by Gasteiger charge is -2.20. The van der Waals surface area contributed by atoms with Crippen LogP contribution in [0.1, 0.15) is 39.5 Å². The van der Waals surface area contributed by atoms with Gasteiger partial charge in [0.2, 0.25) is 0 Å². The molecule has 0 bridgehead atoms. The molecule has 4 rings (SSSR count). The van der Waals surface area contributed by atoms with E-state index in [1.54, 1.807) is 19.1 Å². The molecule has 2 aromatic carbocycles. The topological polar surface area (TPSA) is 65.9 Å². The maximum Gasteiger partial charge on any atom is 0.254 e. The van der Waals surface area contributed by atoms with Crippen molar-refractivity contribution >= 4 is 16.8 Å². The number of aliphatic hydroxyl groups is 1. The fraction of sp³-hybridized carbons (Fsp3) is 0.385. The van der Waals surface area contributed by atoms with Gasteiger partial charge in [-0.2, -0.15) is 0 Å². The van der Waals surface area contributed by atoms with Crippen LogP contribution < -0.4 is 4.74 Å². The highest BCUT2D eigenvalue weighted by Gasteiger charge is 2.27. The van der Waals surface area contributed by atoms with Crippen molar-refractivity contribution in [2.24, 2.45) is 0 Å². The Kier molecular flexibility index (Phi) is 6.72. The number of ether oxygens (including phenoxy) is 1. The summed E-state index contributed by atoms with van der Waals surface area (Å²) in [5.74, 6) is 1.11. The second kappa shape index (κ2) is 9.67. The molecule has 1 aromatic heterocycles. The molecule has 3 aromatic rings. The van der Waals surface area contributed by atoms with Crippen molar-refractivity contribution in [3.8, 4) is 5.75 Å². The van der Waals surface area contributed by atoms with Gasteiger partial charge < -0.3 is 14.7 Å². The van der Waals surface area contributed by atoms with Crippen LogP contribution in [-0.2, 0) is 6.54 Å². The monoisotopic (exact) mass is 433 g/mol. The van der Waals surface area contributed by atoms with Crippen molar-refractivity contribution in [3.05, 3.63) is 70.9 Å². The van der Waals surface area contributed by atoms with Crippen molar-refractivity contribution < 1.29 is 14.6 Å². The Morgan fingerprint density at radius 3 is 2.84 bits per heavy atom. The summed E-state index contributed by atoms with van der Waals surface area (Å²) in [5.41, 5.74) is 4.83. The molecule has 1 N–H and O–H groups in total. The highest BCUT2D eigenvalue weighted by atomic mass is 16.5. The summed E-state index contributed by atoms with van der Waals surface area (Å²) in [6, 6.07) is 16.1. The smallest absolute Gasteiger partial charge is 0.254 e. The Bertz CT molecular complexity index is 1110. The quantitative estimate of drug-likeness (QED) is 0.617. The Morgan fingerprint density at radius 1 is 1.25 bits per heavy atom. The van der Waals surface area contributed by atoms with Gasteiger partial charge in [0.1, 0.15) is 5.75 Å². The third kappa shape index (κ3) is 4.61. The lowest BCUT2D eigenvalue weighted by molar-refractivity contribution is 0.0768. The van der Waals surface area contributed by atoms with Gasteiger partial charge in [-0.3, -0.25) is 14.7 Å². The number of pyridine rings is 1. The predicted octanol–water partition coefficient (Wildman–Crippen LogP) is 3.61. The molecule has 1 amide bonds. The van der Waals surface area contributed by atoms with Crippen LogP contribution in [0.25, 0.3) is 10.9 Å². The minimum atomic E-state index is -0.0851. The second-order valence-electron chi connectivity index (χ2n) is 8.60. The zero-order valence-electron chi connectivity index (χ0n) is 19.0. The Hall–Kier alpha value is -2.96. The van der Waals surface area contributed by atoms with Gasteiger partial charge in [-0.05, 0) is 43.7 Å². The maximum absolute atomic E-state index is 13.1. The molecule has 0 radical (unpaired) electrons. The van der Waals surface area contributed by atoms with Crippen LogP contribution in [0.15, 0.2) is 48.5 Å². The Balaban J connectivity index is 1.58. The number of carbonyl (C=O) groups excluding carboxylic acids is 1. The lowest BCUT2D eigenvalue weighted by atomic mass is 9.99. The zero-order chi connectivity index (χ0) is 22.7. The van der Waals surface area contributed by atoms with Gasteiger partial charge >= 0.3 is 0 Å². The second-order valence-corrected chi connectivity index (χ2v) is 8.60. The minimum Gasteiger partial charge on any atom is -0.496 e. The molecule has 6 nitrogen and oxygen atoms in total. The van der Waals surface area contributed by atoms with Crippen LogP contribution in [0.3, 0.4) is 0 Å². The third-order valence-corrected chi connectivity index (χ3v) is 6.28. The van der Waals surface area contributed by atoms with Gasteiger partial charge in [-0.1, -0.05) is 30.3 Å². The van der Waals surface area contributed by atoms with E-state index in [4.69, 9.17) is 9.72 Å². The van der Waals surface area contributed by atoms with Crippen molar-refractivity contribution in [3.63, 3.8) is 0 Å². The number of hydrogen-bond acceptors (Lipinski definition) is 5. The number of fused-ring (bicyclic) bond motifs is 1. The van der Waals surface area contributed by atoms with E-state index in [0.717, 1.165) is 48.4 Å². The van der Waals surface area contributed by atoms with Crippen LogP contribution in [-0.4, -0.2) is 66.2 Å². The van der Waals surface area contributed by atoms with Crippen molar-refractivity contribution in [1.82, 2.24) is 14.8 Å². The van der Waals surface area contributed by atoms with Crippen LogP contribution in [0.4, 0.5) is 0 Å². The highest BCUT2D eigenvalue weighted by molar-refractivity contribution is 6.06. The molecule has 32 heavy (non-hydrogen) atoms. The number of aryl methyl sites for hydroxylation is 1. The number of aliphatic hydroxyl groups excluding tert-OH is 1. The van der Waals surface area contributed by atoms with E-state index in [-0.39, 0.29) is 18.4 Å². The molecule has 0 aliphatic carbocycles. The highest BCUT2D eigenvalue weighted by Crippen LogP contribution is 2.31. The molecule has 1 atom stereocenters. The van der Waals surface area contributed by atoms with E-state index in [1.165, 1.54) is 11.1 Å². The van der Waals surface area contributed by atoms with Crippen molar-refractivity contribution in [2.45, 2.75) is 25.8 Å². The van der Waals surface area contributed by atoms with E-state index in [1.807, 2.05) is 30.3 Å². The molecule has 1 aliphatic heterocycles. The largest absolute Gasteiger partial charge is 0.496 e. The average Bonchev–Trinajstić information content (AvgIpc) is 3.27. The fourth-order valence-electron chi connectivity index (χ4n) is 4.48. The molecular weight excluding hydrogens is 402 g/mol. The van der Waals surface area contributed by atoms with Crippen LogP contribution in [0, 0.1) is 6.92 Å². The van der Waals surface area contributed by atoms with Crippen LogP contribution >= 0.6 is 0 Å². The number of carbonyl (C=O) groups is 1. The molecule has 6 heteroatoms. The number of likely N-dealkylation sites (tertiary alicyclic amines) is 1. The third-order valence-electron chi connectivity index (χ3n) is 6.28. The summed E-state index contributed by atoms with van der Waals surface area (Å²) >= 11 is 0. The Labute approximate surface area is 189 Å². The van der Waals surface area contributed by atoms with Gasteiger partial charge in [-0.15, -0.1) is 0 Å². The first kappa shape index (κ1) is 22.2. The van der Waals surface area contributed by atoms with Gasteiger partial charge in [0.25, 0.3) is 5.91 Å². The summed E-state index contributed by atoms with van der Waals surface area (Å²) in [4.78, 5) is 22.0. The molecule has 0 spiro atoms. The van der Waals surface area contributed by atoms with Gasteiger partial charge in [0, 0.05) is 49.2 Å². The lowest BCUT2D eigenvalue weighted by Crippen LogP contribution is -2.30. The van der Waals surface area contributed by atoms with Gasteiger partial charge in [-0.25, -0.2) is 0 Å². The van der Waals surface area contributed by atoms with Crippen molar-refractivity contribution in [1.29, 1.82) is 0 Å². The summed E-state index contributed by atoms with van der Waals surface area (Å²) in [6.07, 6.45) is 1.000.